The van der Waals surface area contributed by atoms with Gasteiger partial charge < -0.3 is 60.0 Å². The van der Waals surface area contributed by atoms with Crippen molar-refractivity contribution in [3.05, 3.63) is 237 Å². The number of benzene rings is 4. The minimum absolute atomic E-state index is 0. The van der Waals surface area contributed by atoms with Gasteiger partial charge in [-0.15, -0.1) is 12.4 Å². The van der Waals surface area contributed by atoms with Crippen molar-refractivity contribution in [3.8, 4) is 45.0 Å². The van der Waals surface area contributed by atoms with Gasteiger partial charge in [0.25, 0.3) is 0 Å². The lowest BCUT2D eigenvalue weighted by atomic mass is 10.0. The Bertz CT molecular complexity index is 7640. The Balaban J connectivity index is 0.000000118. The Labute approximate surface area is 839 Å². The van der Waals surface area contributed by atoms with Crippen molar-refractivity contribution in [1.29, 1.82) is 0 Å². The van der Waals surface area contributed by atoms with E-state index in [9.17, 15) is 17.6 Å². The van der Waals surface area contributed by atoms with Crippen LogP contribution < -0.4 is 31.9 Å². The monoisotopic (exact) mass is 1990 g/mol. The van der Waals surface area contributed by atoms with Crippen LogP contribution in [0.25, 0.3) is 89.2 Å². The van der Waals surface area contributed by atoms with Gasteiger partial charge in [-0.3, -0.25) is 9.80 Å². The lowest BCUT2D eigenvalue weighted by Crippen LogP contribution is -2.41. The van der Waals surface area contributed by atoms with Crippen molar-refractivity contribution in [3.63, 3.8) is 0 Å². The van der Waals surface area contributed by atoms with E-state index in [4.69, 9.17) is 9.97 Å². The summed E-state index contributed by atoms with van der Waals surface area (Å²) in [5, 5.41) is 19.0. The third kappa shape index (κ3) is 21.1. The molecule has 145 heavy (non-hydrogen) atoms. The van der Waals surface area contributed by atoms with E-state index in [1.54, 1.807) is 24.3 Å². The molecule has 3 atom stereocenters. The van der Waals surface area contributed by atoms with Crippen molar-refractivity contribution in [2.45, 2.75) is 188 Å². The summed E-state index contributed by atoms with van der Waals surface area (Å²) >= 11 is 0. The highest BCUT2D eigenvalue weighted by atomic mass is 35.5. The molecule has 6 N–H and O–H groups in total. The van der Waals surface area contributed by atoms with E-state index in [0.29, 0.717) is 114 Å². The summed E-state index contributed by atoms with van der Waals surface area (Å²) in [5.41, 5.74) is 14.2. The van der Waals surface area contributed by atoms with Crippen LogP contribution in [0.2, 0.25) is 0 Å². The molecule has 0 saturated heterocycles. The Kier molecular flexibility index (Phi) is 27.8. The summed E-state index contributed by atoms with van der Waals surface area (Å²) in [4.78, 5) is 79.9. The number of nitrogens with one attached hydrogen (secondary N) is 6. The first kappa shape index (κ1) is 98.7. The first-order valence-corrected chi connectivity index (χ1v) is 49.5. The molecule has 30 nitrogen and oxygen atoms in total. The predicted octanol–water partition coefficient (Wildman–Crippen LogP) is 19.6. The van der Waals surface area contributed by atoms with Crippen LogP contribution in [0.4, 0.5) is 82.2 Å². The molecule has 12 aromatic heterocycles. The number of pyridine rings is 4. The second kappa shape index (κ2) is 40.8. The number of likely N-dealkylation sites (N-methyl/N-ethyl adjacent to an activating group) is 2. The highest BCUT2D eigenvalue weighted by Crippen LogP contribution is 2.49. The lowest BCUT2D eigenvalue weighted by molar-refractivity contribution is 0.180. The van der Waals surface area contributed by atoms with E-state index in [0.717, 1.165) is 231 Å². The maximum absolute atomic E-state index is 15.2. The average Bonchev–Trinajstić information content (AvgIpc) is 1.57. The highest BCUT2D eigenvalue weighted by molar-refractivity contribution is 5.87. The minimum atomic E-state index is -0.621. The van der Waals surface area contributed by atoms with E-state index in [2.05, 4.69) is 203 Å². The predicted molar refractivity (Wildman–Crippen MR) is 545 cm³/mol. The fourth-order valence-electron chi connectivity index (χ4n) is 20.2. The Morgan fingerprint density at radius 1 is 0.400 bits per heavy atom. The molecular formula is C106H115ClF8N30. The number of aromatic nitrogens is 20. The van der Waals surface area contributed by atoms with E-state index in [1.165, 1.54) is 35.4 Å². The SMILES string of the molecule is Cc1nc2c(F)cc(-c3nc(Nc4ccc5c(n4)CCN(CCN(C)C)C5)ncc3F)cc2n1C(C)C1CC1.Cc1nc2c(F)cc(-c3nc(Nc4ccc5c(n4)CCN(C[C@H](C)N(C)C)C5)ncc3F)cc2n1C1CC1.Cc1nc2c(F)cc(-c3nc(Nc4ccc5c(n4)CCNC5)ncc3F)cc2n1C(C)C1CC1.Cc1nc2c(F)cc(-c3nc(Nc4ccc5c(n4)CCNC5)ncc3F)cc2n1C1(C)CC1.Cl. The standard InChI is InChI=1S/C29H34F2N8.C28H32F2N8.C25H25F2N7.C24H23F2N7.ClH/c1-17(19-5-6-19)39-18(2)33-28-22(30)13-21(14-25(28)39)27-23(31)15-32-29(36-27)35-26-8-7-20-16-38(12-11-37(3)4)10-9-24(20)34-26;1-16(36(3)4)14-37-10-9-23-18(15-37)5-8-25(33-23)34-28-31-13-22(30)26(35-28)19-11-21(29)27-24(12-19)38(17(2)32-27)20-6-7-20;1-13(15-3-4-15)34-14(2)30-24-18(26)9-17(10-21(24)34)23-19(27)12-29-25(33-23)32-22-6-5-16-11-28-8-7-20(16)31-22;1-13-29-22-16(25)9-15(10-19(22)33(13)24(2)6-7-24)21-17(26)12-28-23(32-21)31-20-4-3-14-11-27-8-5-18(14)30-20;/h7-8,13-15,17,19H,5-6,9-12,16H2,1-4H3,(H,32,34,35,36);5,8,11-13,16,20H,6-7,9-10,14-15H2,1-4H3,(H,31,33,34,35);5-6,9-10,12-13,15,28H,3-4,7-8,11H2,1-2H3,(H,29,31,32,33);3-4,9-10,12,27H,5-8,11H2,1-2H3,(H,28,30,31,32);1H/t;16-;;;/m.0.../s1. The molecule has 0 amide bonds. The van der Waals surface area contributed by atoms with Crippen LogP contribution >= 0.6 is 12.4 Å². The number of fused-ring (bicyclic) bond motifs is 8. The number of hydrogen-bond donors (Lipinski definition) is 6. The summed E-state index contributed by atoms with van der Waals surface area (Å²) in [6, 6.07) is 29.1. The van der Waals surface area contributed by atoms with Gasteiger partial charge in [0.1, 0.15) is 91.4 Å². The molecule has 4 aromatic carbocycles. The van der Waals surface area contributed by atoms with E-state index >= 15 is 17.6 Å². The van der Waals surface area contributed by atoms with Crippen LogP contribution in [-0.2, 0) is 57.4 Å². The number of rotatable bonds is 24. The highest BCUT2D eigenvalue weighted by Gasteiger charge is 2.42. The van der Waals surface area contributed by atoms with Crippen molar-refractivity contribution in [2.24, 2.45) is 11.8 Å². The van der Waals surface area contributed by atoms with Gasteiger partial charge in [-0.25, -0.2) is 115 Å². The molecular weight excluding hydrogens is 1880 g/mol. The van der Waals surface area contributed by atoms with Crippen molar-refractivity contribution in [1.82, 2.24) is 128 Å². The molecule has 4 saturated carbocycles. The normalized spacial score (nSPS) is 16.5. The van der Waals surface area contributed by atoms with Crippen LogP contribution in [0, 0.1) is 86.1 Å². The zero-order valence-electron chi connectivity index (χ0n) is 82.9. The summed E-state index contributed by atoms with van der Waals surface area (Å²) in [7, 11) is 8.37. The fourth-order valence-corrected chi connectivity index (χ4v) is 20.2. The lowest BCUT2D eigenvalue weighted by Gasteiger charge is -2.32. The van der Waals surface area contributed by atoms with Crippen LogP contribution in [-0.4, -0.2) is 198 Å². The number of aryl methyl sites for hydroxylation is 4. The molecule has 16 heterocycles. The molecule has 39 heteroatoms. The third-order valence-electron chi connectivity index (χ3n) is 28.9. The average molecular weight is 2000 g/mol. The van der Waals surface area contributed by atoms with Gasteiger partial charge in [0, 0.05) is 172 Å². The topological polar surface area (TPSA) is 311 Å². The minimum Gasteiger partial charge on any atom is -0.325 e. The summed E-state index contributed by atoms with van der Waals surface area (Å²) in [6.45, 7) is 26.2. The fraction of sp³-hybridized carbons (Fsp3) is 0.396. The first-order chi connectivity index (χ1) is 69.4. The second-order valence-electron chi connectivity index (χ2n) is 40.0. The molecule has 0 bridgehead atoms. The second-order valence-corrected chi connectivity index (χ2v) is 40.0. The molecule has 4 aliphatic carbocycles. The number of anilines is 8. The molecule has 0 radical (unpaired) electrons. The van der Waals surface area contributed by atoms with Gasteiger partial charge in [0.05, 0.1) is 46.9 Å². The summed E-state index contributed by atoms with van der Waals surface area (Å²) < 4.78 is 128. The van der Waals surface area contributed by atoms with Gasteiger partial charge in [0.2, 0.25) is 23.8 Å². The van der Waals surface area contributed by atoms with Crippen LogP contribution in [0.3, 0.4) is 0 Å². The third-order valence-corrected chi connectivity index (χ3v) is 28.9. The molecule has 752 valence electrons. The van der Waals surface area contributed by atoms with Gasteiger partial charge in [0.15, 0.2) is 46.5 Å². The zero-order valence-corrected chi connectivity index (χ0v) is 83.8. The molecule has 2 unspecified atom stereocenters. The Morgan fingerprint density at radius 3 is 1.14 bits per heavy atom. The number of hydrogen-bond acceptors (Lipinski definition) is 26. The number of halogens is 9. The Hall–Kier alpha value is -13.6. The van der Waals surface area contributed by atoms with Crippen molar-refractivity contribution < 1.29 is 35.1 Å². The zero-order chi connectivity index (χ0) is 99.9. The van der Waals surface area contributed by atoms with Gasteiger partial charge in [-0.1, -0.05) is 24.3 Å². The molecule has 16 aromatic rings. The largest absolute Gasteiger partial charge is 0.325 e. The van der Waals surface area contributed by atoms with Crippen LogP contribution in [0.1, 0.15) is 166 Å². The van der Waals surface area contributed by atoms with Crippen LogP contribution in [0.5, 0.6) is 0 Å². The first-order valence-electron chi connectivity index (χ1n) is 49.5. The smallest absolute Gasteiger partial charge is 0.229 e. The van der Waals surface area contributed by atoms with E-state index in [-0.39, 0.29) is 76.6 Å². The van der Waals surface area contributed by atoms with E-state index < -0.39 is 46.5 Å². The molecule has 0 spiro atoms. The maximum atomic E-state index is 15.2. The van der Waals surface area contributed by atoms with Crippen molar-refractivity contribution >= 4 is 104 Å². The Morgan fingerprint density at radius 2 is 0.752 bits per heavy atom. The molecule has 24 rings (SSSR count). The van der Waals surface area contributed by atoms with Gasteiger partial charge in [-0.05, 0) is 242 Å². The quantitative estimate of drug-likeness (QED) is 0.0306. The maximum Gasteiger partial charge on any atom is 0.229 e. The van der Waals surface area contributed by atoms with Gasteiger partial charge >= 0.3 is 0 Å². The van der Waals surface area contributed by atoms with Crippen LogP contribution in [0.15, 0.2) is 122 Å². The summed E-state index contributed by atoms with van der Waals surface area (Å²) in [5.74, 6) is 2.90. The van der Waals surface area contributed by atoms with Gasteiger partial charge in [-0.2, -0.15) is 0 Å². The summed E-state index contributed by atoms with van der Waals surface area (Å²) in [6.07, 6.45) is 16.5. The molecule has 8 aliphatic rings. The number of imidazole rings is 4. The molecule has 4 fully saturated rings. The van der Waals surface area contributed by atoms with Crippen molar-refractivity contribution in [2.75, 3.05) is 95.3 Å². The van der Waals surface area contributed by atoms with E-state index in [1.807, 2.05) is 68.7 Å². The number of nitrogens with zero attached hydrogens (tertiary/aromatic N) is 24. The molecule has 4 aliphatic heterocycles.